The van der Waals surface area contributed by atoms with Crippen LogP contribution in [0, 0.1) is 0 Å². The maximum atomic E-state index is 9.56. The van der Waals surface area contributed by atoms with Crippen molar-refractivity contribution < 1.29 is 5.11 Å². The first kappa shape index (κ1) is 9.76. The summed E-state index contributed by atoms with van der Waals surface area (Å²) in [7, 11) is 0. The number of H-pyrrole nitrogens is 1. The molecule has 16 heavy (non-hydrogen) atoms. The van der Waals surface area contributed by atoms with Crippen LogP contribution in [0.5, 0.6) is 5.75 Å². The van der Waals surface area contributed by atoms with E-state index in [0.29, 0.717) is 11.7 Å². The van der Waals surface area contributed by atoms with E-state index in [0.717, 1.165) is 5.52 Å². The molecule has 2 N–H and O–H groups in total. The molecule has 0 bridgehead atoms. The Morgan fingerprint density at radius 1 is 1.12 bits per heavy atom. The summed E-state index contributed by atoms with van der Waals surface area (Å²) in [5.74, 6) is 1.05. The van der Waals surface area contributed by atoms with Crippen LogP contribution < -0.4 is 0 Å². The van der Waals surface area contributed by atoms with E-state index in [1.165, 1.54) is 43.1 Å². The molecule has 2 aromatic rings. The zero-order valence-electron chi connectivity index (χ0n) is 9.37. The van der Waals surface area contributed by atoms with Crippen molar-refractivity contribution in [2.75, 3.05) is 0 Å². The van der Waals surface area contributed by atoms with Crippen LogP contribution in [0.3, 0.4) is 0 Å². The normalized spacial score (nSPS) is 18.0. The van der Waals surface area contributed by atoms with Gasteiger partial charge in [0.25, 0.3) is 0 Å². The van der Waals surface area contributed by atoms with Gasteiger partial charge >= 0.3 is 0 Å². The van der Waals surface area contributed by atoms with Gasteiger partial charge in [0.1, 0.15) is 5.75 Å². The van der Waals surface area contributed by atoms with Gasteiger partial charge in [-0.25, -0.2) is 0 Å². The molecule has 0 amide bonds. The predicted octanol–water partition coefficient (Wildman–Crippen LogP) is 3.92. The van der Waals surface area contributed by atoms with Crippen molar-refractivity contribution in [3.63, 3.8) is 0 Å². The van der Waals surface area contributed by atoms with Crippen molar-refractivity contribution in [2.45, 2.75) is 38.0 Å². The van der Waals surface area contributed by atoms with Gasteiger partial charge in [0.2, 0.25) is 0 Å². The number of phenols is 1. The first-order valence-electron chi connectivity index (χ1n) is 6.14. The average molecular weight is 215 g/mol. The fraction of sp³-hybridized carbons (Fsp3) is 0.429. The minimum Gasteiger partial charge on any atom is -0.508 e. The third-order valence-electron chi connectivity index (χ3n) is 3.74. The minimum absolute atomic E-state index is 0.365. The molecule has 2 heteroatoms. The summed E-state index contributed by atoms with van der Waals surface area (Å²) < 4.78 is 0. The van der Waals surface area contributed by atoms with Gasteiger partial charge in [-0.15, -0.1) is 0 Å². The molecule has 3 rings (SSSR count). The topological polar surface area (TPSA) is 36.0 Å². The zero-order valence-corrected chi connectivity index (χ0v) is 9.37. The van der Waals surface area contributed by atoms with Crippen LogP contribution in [0.1, 0.15) is 43.6 Å². The van der Waals surface area contributed by atoms with Gasteiger partial charge in [-0.2, -0.15) is 0 Å². The third-order valence-corrected chi connectivity index (χ3v) is 3.74. The Hall–Kier alpha value is -1.44. The maximum Gasteiger partial charge on any atom is 0.116 e. The molecular formula is C14H17NO. The van der Waals surface area contributed by atoms with Crippen molar-refractivity contribution in [3.05, 3.63) is 30.0 Å². The number of benzene rings is 1. The van der Waals surface area contributed by atoms with E-state index in [-0.39, 0.29) is 0 Å². The lowest BCUT2D eigenvalue weighted by atomic mass is 9.84. The lowest BCUT2D eigenvalue weighted by Crippen LogP contribution is -2.03. The molecule has 0 unspecified atom stereocenters. The van der Waals surface area contributed by atoms with Gasteiger partial charge in [0.05, 0.1) is 0 Å². The van der Waals surface area contributed by atoms with Gasteiger partial charge in [-0.05, 0) is 42.5 Å². The molecule has 0 saturated heterocycles. The Kier molecular flexibility index (Phi) is 2.35. The van der Waals surface area contributed by atoms with E-state index in [4.69, 9.17) is 0 Å². The predicted molar refractivity (Wildman–Crippen MR) is 65.8 cm³/mol. The number of rotatable bonds is 1. The first-order chi connectivity index (χ1) is 7.84. The molecule has 1 aromatic heterocycles. The second-order valence-electron chi connectivity index (χ2n) is 4.81. The largest absolute Gasteiger partial charge is 0.508 e. The van der Waals surface area contributed by atoms with Crippen LogP contribution >= 0.6 is 0 Å². The fourth-order valence-electron chi connectivity index (χ4n) is 2.88. The number of aromatic nitrogens is 1. The summed E-state index contributed by atoms with van der Waals surface area (Å²) in [6.45, 7) is 0. The summed E-state index contributed by atoms with van der Waals surface area (Å²) >= 11 is 0. The highest BCUT2D eigenvalue weighted by Gasteiger charge is 2.18. The number of hydrogen-bond acceptors (Lipinski definition) is 1. The fourth-order valence-corrected chi connectivity index (χ4v) is 2.88. The number of nitrogens with one attached hydrogen (secondary N) is 1. The van der Waals surface area contributed by atoms with Gasteiger partial charge in [-0.1, -0.05) is 19.3 Å². The Morgan fingerprint density at radius 2 is 1.94 bits per heavy atom. The third kappa shape index (κ3) is 1.58. The minimum atomic E-state index is 0.365. The van der Waals surface area contributed by atoms with Crippen molar-refractivity contribution in [1.29, 1.82) is 0 Å². The Balaban J connectivity index is 2.05. The zero-order chi connectivity index (χ0) is 11.0. The van der Waals surface area contributed by atoms with Crippen LogP contribution in [-0.2, 0) is 0 Å². The van der Waals surface area contributed by atoms with Gasteiger partial charge in [0, 0.05) is 17.1 Å². The van der Waals surface area contributed by atoms with Crippen molar-refractivity contribution in [2.24, 2.45) is 0 Å². The smallest absolute Gasteiger partial charge is 0.116 e. The van der Waals surface area contributed by atoms with Crippen LogP contribution in [0.15, 0.2) is 24.4 Å². The monoisotopic (exact) mass is 215 g/mol. The maximum absolute atomic E-state index is 9.56. The molecule has 2 nitrogen and oxygen atoms in total. The van der Waals surface area contributed by atoms with Crippen molar-refractivity contribution in [1.82, 2.24) is 4.98 Å². The van der Waals surface area contributed by atoms with Crippen LogP contribution in [0.4, 0.5) is 0 Å². The summed E-state index contributed by atoms with van der Waals surface area (Å²) in [6.07, 6.45) is 8.78. The summed E-state index contributed by atoms with van der Waals surface area (Å²) in [5, 5.41) is 10.8. The Morgan fingerprint density at radius 3 is 2.75 bits per heavy atom. The number of phenolic OH excluding ortho intramolecular Hbond substituents is 1. The molecule has 1 aromatic carbocycles. The highest BCUT2D eigenvalue weighted by molar-refractivity contribution is 5.85. The number of aromatic hydroxyl groups is 1. The van der Waals surface area contributed by atoms with E-state index >= 15 is 0 Å². The number of fused-ring (bicyclic) bond motifs is 1. The van der Waals surface area contributed by atoms with E-state index in [9.17, 15) is 5.11 Å². The second kappa shape index (κ2) is 3.85. The molecule has 0 atom stereocenters. The lowest BCUT2D eigenvalue weighted by molar-refractivity contribution is 0.445. The molecule has 0 radical (unpaired) electrons. The molecule has 1 fully saturated rings. The molecule has 0 spiro atoms. The van der Waals surface area contributed by atoms with Crippen LogP contribution in [0.25, 0.3) is 10.9 Å². The Labute approximate surface area is 95.3 Å². The second-order valence-corrected chi connectivity index (χ2v) is 4.81. The van der Waals surface area contributed by atoms with Gasteiger partial charge in [0.15, 0.2) is 0 Å². The number of aromatic amines is 1. The van der Waals surface area contributed by atoms with Gasteiger partial charge < -0.3 is 10.1 Å². The summed E-state index contributed by atoms with van der Waals surface area (Å²) in [4.78, 5) is 3.30. The van der Waals surface area contributed by atoms with Crippen molar-refractivity contribution >= 4 is 10.9 Å². The molecular weight excluding hydrogens is 198 g/mol. The SMILES string of the molecule is Oc1ccc2[nH]cc(C3CCCCC3)c2c1. The van der Waals surface area contributed by atoms with Crippen molar-refractivity contribution in [3.8, 4) is 5.75 Å². The van der Waals surface area contributed by atoms with Crippen LogP contribution in [-0.4, -0.2) is 10.1 Å². The molecule has 1 aliphatic carbocycles. The quantitative estimate of drug-likeness (QED) is 0.743. The Bertz CT molecular complexity index is 494. The molecule has 1 heterocycles. The van der Waals surface area contributed by atoms with E-state index in [1.54, 1.807) is 6.07 Å². The first-order valence-corrected chi connectivity index (χ1v) is 6.14. The molecule has 1 aliphatic rings. The van der Waals surface area contributed by atoms with Gasteiger partial charge in [-0.3, -0.25) is 0 Å². The average Bonchev–Trinajstić information content (AvgIpc) is 2.73. The lowest BCUT2D eigenvalue weighted by Gasteiger charge is -2.21. The van der Waals surface area contributed by atoms with E-state index < -0.39 is 0 Å². The molecule has 0 aliphatic heterocycles. The van der Waals surface area contributed by atoms with E-state index in [1.807, 2.05) is 12.1 Å². The highest BCUT2D eigenvalue weighted by atomic mass is 16.3. The molecule has 1 saturated carbocycles. The van der Waals surface area contributed by atoms with E-state index in [2.05, 4.69) is 11.2 Å². The summed E-state index contributed by atoms with van der Waals surface area (Å²) in [6, 6.07) is 5.58. The number of hydrogen-bond donors (Lipinski definition) is 2. The molecule has 84 valence electrons. The van der Waals surface area contributed by atoms with Crippen LogP contribution in [0.2, 0.25) is 0 Å². The standard InChI is InChI=1S/C14H17NO/c16-11-6-7-14-12(8-11)13(9-15-14)10-4-2-1-3-5-10/h6-10,15-16H,1-5H2. The highest BCUT2D eigenvalue weighted by Crippen LogP contribution is 2.37. The summed E-state index contributed by atoms with van der Waals surface area (Å²) in [5.41, 5.74) is 2.53.